The number of carbonyl (C=O) groups excluding carboxylic acids is 3. The Bertz CT molecular complexity index is 1210. The normalized spacial score (nSPS) is 13.6. The van der Waals surface area contributed by atoms with Gasteiger partial charge in [-0.2, -0.15) is 0 Å². The maximum absolute atomic E-state index is 12.8. The van der Waals surface area contributed by atoms with E-state index in [2.05, 4.69) is 74.6 Å². The van der Waals surface area contributed by atoms with Gasteiger partial charge in [-0.25, -0.2) is 0 Å². The summed E-state index contributed by atoms with van der Waals surface area (Å²) in [7, 11) is 5.38. The van der Waals surface area contributed by atoms with Crippen LogP contribution < -0.4 is 5.11 Å². The summed E-state index contributed by atoms with van der Waals surface area (Å²) in [6, 6.07) is -0.740. The van der Waals surface area contributed by atoms with E-state index in [0.29, 0.717) is 12.8 Å². The number of unbranched alkanes of at least 4 members (excludes halogenated alkanes) is 16. The van der Waals surface area contributed by atoms with E-state index in [0.717, 1.165) is 51.4 Å². The van der Waals surface area contributed by atoms with Crippen LogP contribution in [0, 0.1) is 0 Å². The Hall–Kier alpha value is -3.23. The summed E-state index contributed by atoms with van der Waals surface area (Å²) in [4.78, 5) is 36.9. The topological polar surface area (TPSA) is 102 Å². The van der Waals surface area contributed by atoms with E-state index < -0.39 is 18.1 Å². The monoisotopic (exact) mass is 840 g/mol. The Morgan fingerprint density at radius 3 is 1.45 bits per heavy atom. The first-order valence-electron chi connectivity index (χ1n) is 24.0. The molecule has 2 unspecified atom stereocenters. The number of hydrogen-bond acceptors (Lipinski definition) is 7. The zero-order valence-corrected chi connectivity index (χ0v) is 39.1. The number of aliphatic carboxylic acids is 1. The van der Waals surface area contributed by atoms with Crippen molar-refractivity contribution < 1.29 is 38.2 Å². The standard InChI is InChI=1S/C52H89NO7/c1-6-8-10-12-14-16-18-20-22-24-25-26-27-29-31-33-35-37-39-41-43-51(55)60-48(46-58-45-44-49(52(56)57)53(3,4)5)47-59-50(54)42-40-38-36-34-32-30-28-23-21-19-17-15-13-11-9-7-2/h9,11,15,17,21,23,25-26,30,32,36,38,48-49H,6-8,10,12-14,16,18-20,22,24,27-29,31,33-35,37,39-47H2,1-5H3/b11-9+,17-15+,23-21+,26-25+,32-30+,38-36+. The van der Waals surface area contributed by atoms with Gasteiger partial charge in [-0.1, -0.05) is 170 Å². The Morgan fingerprint density at radius 2 is 0.967 bits per heavy atom. The van der Waals surface area contributed by atoms with Gasteiger partial charge in [-0.05, 0) is 70.6 Å². The second-order valence-electron chi connectivity index (χ2n) is 17.0. The average Bonchev–Trinajstić information content (AvgIpc) is 3.21. The molecule has 344 valence electrons. The summed E-state index contributed by atoms with van der Waals surface area (Å²) in [5.74, 6) is -1.85. The maximum atomic E-state index is 12.8. The molecule has 0 aliphatic carbocycles. The van der Waals surface area contributed by atoms with Crippen LogP contribution in [0.25, 0.3) is 0 Å². The van der Waals surface area contributed by atoms with Crippen LogP contribution in [0.3, 0.4) is 0 Å². The molecule has 0 aliphatic heterocycles. The zero-order valence-electron chi connectivity index (χ0n) is 39.1. The fourth-order valence-corrected chi connectivity index (χ4v) is 6.64. The second-order valence-corrected chi connectivity index (χ2v) is 17.0. The van der Waals surface area contributed by atoms with Gasteiger partial charge < -0.3 is 28.6 Å². The molecule has 8 nitrogen and oxygen atoms in total. The molecule has 60 heavy (non-hydrogen) atoms. The van der Waals surface area contributed by atoms with Crippen molar-refractivity contribution in [2.24, 2.45) is 0 Å². The van der Waals surface area contributed by atoms with Gasteiger partial charge in [-0.15, -0.1) is 0 Å². The highest BCUT2D eigenvalue weighted by molar-refractivity contribution is 5.70. The molecule has 0 radical (unpaired) electrons. The van der Waals surface area contributed by atoms with Gasteiger partial charge in [0.25, 0.3) is 0 Å². The van der Waals surface area contributed by atoms with Gasteiger partial charge in [0.15, 0.2) is 6.10 Å². The number of hydrogen-bond donors (Lipinski definition) is 0. The van der Waals surface area contributed by atoms with Crippen molar-refractivity contribution in [2.45, 2.75) is 199 Å². The minimum absolute atomic E-state index is 0.0130. The molecule has 0 amide bonds. The molecule has 0 aromatic carbocycles. The molecule has 0 aliphatic rings. The van der Waals surface area contributed by atoms with E-state index in [1.165, 1.54) is 96.3 Å². The van der Waals surface area contributed by atoms with Crippen LogP contribution in [0.1, 0.15) is 187 Å². The first kappa shape index (κ1) is 56.8. The van der Waals surface area contributed by atoms with Gasteiger partial charge in [0.1, 0.15) is 12.6 Å². The third kappa shape index (κ3) is 40.2. The number of rotatable bonds is 42. The fraction of sp³-hybridized carbons (Fsp3) is 0.712. The van der Waals surface area contributed by atoms with Crippen molar-refractivity contribution in [2.75, 3.05) is 41.0 Å². The number of likely N-dealkylation sites (N-methyl/N-ethyl adjacent to an activating group) is 1. The third-order valence-corrected chi connectivity index (χ3v) is 10.3. The summed E-state index contributed by atoms with van der Waals surface area (Å²) in [6.07, 6.45) is 53.8. The lowest BCUT2D eigenvalue weighted by molar-refractivity contribution is -0.889. The quantitative estimate of drug-likeness (QED) is 0.0261. The van der Waals surface area contributed by atoms with E-state index in [1.54, 1.807) is 21.1 Å². The molecular formula is C52H89NO7. The number of quaternary nitrogens is 1. The molecule has 0 aromatic rings. The van der Waals surface area contributed by atoms with E-state index in [9.17, 15) is 19.5 Å². The predicted octanol–water partition coefficient (Wildman–Crippen LogP) is 12.2. The summed E-state index contributed by atoms with van der Waals surface area (Å²) in [5, 5.41) is 11.6. The van der Waals surface area contributed by atoms with E-state index in [4.69, 9.17) is 14.2 Å². The number of nitrogens with zero attached hydrogens (tertiary/aromatic N) is 1. The van der Waals surface area contributed by atoms with Gasteiger partial charge in [0.2, 0.25) is 0 Å². The molecule has 0 bridgehead atoms. The number of carbonyl (C=O) groups is 3. The van der Waals surface area contributed by atoms with Crippen molar-refractivity contribution in [1.82, 2.24) is 0 Å². The molecule has 0 saturated carbocycles. The van der Waals surface area contributed by atoms with Crippen LogP contribution >= 0.6 is 0 Å². The van der Waals surface area contributed by atoms with Gasteiger partial charge in [-0.3, -0.25) is 9.59 Å². The minimum Gasteiger partial charge on any atom is -0.544 e. The lowest BCUT2D eigenvalue weighted by Crippen LogP contribution is -2.55. The summed E-state index contributed by atoms with van der Waals surface area (Å²) in [6.45, 7) is 4.46. The predicted molar refractivity (Wildman–Crippen MR) is 249 cm³/mol. The minimum atomic E-state index is -1.14. The maximum Gasteiger partial charge on any atom is 0.306 e. The molecule has 8 heteroatoms. The fourth-order valence-electron chi connectivity index (χ4n) is 6.64. The molecule has 0 aromatic heterocycles. The number of carboxylic acids is 1. The van der Waals surface area contributed by atoms with E-state index >= 15 is 0 Å². The molecule has 0 fully saturated rings. The third-order valence-electron chi connectivity index (χ3n) is 10.3. The summed E-state index contributed by atoms with van der Waals surface area (Å²) < 4.78 is 17.1. The molecular weight excluding hydrogens is 751 g/mol. The number of esters is 2. The smallest absolute Gasteiger partial charge is 0.306 e. The number of ether oxygens (including phenoxy) is 3. The van der Waals surface area contributed by atoms with Crippen molar-refractivity contribution >= 4 is 17.9 Å². The first-order valence-corrected chi connectivity index (χ1v) is 24.0. The van der Waals surface area contributed by atoms with Crippen LogP contribution in [0.2, 0.25) is 0 Å². The molecule has 0 saturated heterocycles. The average molecular weight is 840 g/mol. The molecule has 0 heterocycles. The van der Waals surface area contributed by atoms with E-state index in [1.807, 2.05) is 12.2 Å². The van der Waals surface area contributed by atoms with Gasteiger partial charge in [0, 0.05) is 19.3 Å². The van der Waals surface area contributed by atoms with Crippen LogP contribution in [-0.4, -0.2) is 75.5 Å². The lowest BCUT2D eigenvalue weighted by atomic mass is 10.1. The van der Waals surface area contributed by atoms with Crippen molar-refractivity contribution in [3.63, 3.8) is 0 Å². The zero-order chi connectivity index (χ0) is 44.2. The van der Waals surface area contributed by atoms with E-state index in [-0.39, 0.29) is 49.1 Å². The van der Waals surface area contributed by atoms with Crippen molar-refractivity contribution in [3.8, 4) is 0 Å². The molecule has 0 rings (SSSR count). The highest BCUT2D eigenvalue weighted by Crippen LogP contribution is 2.14. The Labute approximate surface area is 368 Å². The molecule has 2 atom stereocenters. The summed E-state index contributed by atoms with van der Waals surface area (Å²) >= 11 is 0. The van der Waals surface area contributed by atoms with Crippen molar-refractivity contribution in [1.29, 1.82) is 0 Å². The van der Waals surface area contributed by atoms with Crippen LogP contribution in [0.5, 0.6) is 0 Å². The Morgan fingerprint density at radius 1 is 0.517 bits per heavy atom. The lowest BCUT2D eigenvalue weighted by Gasteiger charge is -2.34. The SMILES string of the molecule is CC/C=C/C/C=C/C/C=C/C/C=C/C/C=C/CCC(=O)OCC(COCCC(C(=O)[O-])[N+](C)(C)C)OC(=O)CCCCCCCCC/C=C/CCCCCCCCCCC. The Balaban J connectivity index is 4.39. The number of allylic oxidation sites excluding steroid dienone is 12. The second kappa shape index (κ2) is 42.5. The highest BCUT2D eigenvalue weighted by Gasteiger charge is 2.25. The van der Waals surface area contributed by atoms with Crippen LogP contribution in [0.4, 0.5) is 0 Å². The van der Waals surface area contributed by atoms with Crippen LogP contribution in [-0.2, 0) is 28.6 Å². The van der Waals surface area contributed by atoms with Crippen molar-refractivity contribution in [3.05, 3.63) is 72.9 Å². The van der Waals surface area contributed by atoms with Crippen LogP contribution in [0.15, 0.2) is 72.9 Å². The first-order chi connectivity index (χ1) is 29.1. The summed E-state index contributed by atoms with van der Waals surface area (Å²) in [5.41, 5.74) is 0. The highest BCUT2D eigenvalue weighted by atomic mass is 16.6. The largest absolute Gasteiger partial charge is 0.544 e. The Kier molecular flexibility index (Phi) is 40.2. The molecule has 0 N–H and O–H groups in total. The number of carboxylic acid groups (broad SMARTS) is 1. The van der Waals surface area contributed by atoms with Gasteiger partial charge in [0.05, 0.1) is 40.3 Å². The van der Waals surface area contributed by atoms with Gasteiger partial charge >= 0.3 is 11.9 Å². The molecule has 0 spiro atoms.